The number of carbonyl (C=O) groups is 3. The van der Waals surface area contributed by atoms with Crippen LogP contribution in [0.25, 0.3) is 6.08 Å². The molecule has 0 saturated heterocycles. The average Bonchev–Trinajstić information content (AvgIpc) is 2.86. The molecule has 0 fully saturated rings. The van der Waals surface area contributed by atoms with E-state index in [9.17, 15) is 14.4 Å². The summed E-state index contributed by atoms with van der Waals surface area (Å²) in [7, 11) is 2.14. The minimum absolute atomic E-state index is 0.252. The molecule has 0 unspecified atom stereocenters. The van der Waals surface area contributed by atoms with Crippen LogP contribution in [0.2, 0.25) is 0 Å². The number of carbonyl (C=O) groups excluding carboxylic acids is 3. The van der Waals surface area contributed by atoms with Gasteiger partial charge in [0.05, 0.1) is 20.5 Å². The molecule has 1 aromatic heterocycles. The maximum absolute atomic E-state index is 11.5. The van der Waals surface area contributed by atoms with Crippen molar-refractivity contribution in [2.45, 2.75) is 0 Å². The zero-order valence-corrected chi connectivity index (χ0v) is 9.26. The first-order valence-corrected chi connectivity index (χ1v) is 4.56. The van der Waals surface area contributed by atoms with E-state index in [4.69, 9.17) is 4.42 Å². The SMILES string of the molecule is COC(=O)C(=O)/C(=C/c1ccco1)C(=O)OC. The van der Waals surface area contributed by atoms with E-state index < -0.39 is 23.3 Å². The van der Waals surface area contributed by atoms with Crippen LogP contribution in [0.4, 0.5) is 0 Å². The first-order chi connectivity index (χ1) is 8.10. The van der Waals surface area contributed by atoms with Crippen LogP contribution in [0.1, 0.15) is 5.76 Å². The molecule has 1 rings (SSSR count). The Morgan fingerprint density at radius 3 is 2.29 bits per heavy atom. The van der Waals surface area contributed by atoms with Gasteiger partial charge < -0.3 is 13.9 Å². The molecule has 0 amide bonds. The second-order valence-corrected chi connectivity index (χ2v) is 2.89. The molecule has 6 nitrogen and oxygen atoms in total. The normalized spacial score (nSPS) is 10.8. The average molecular weight is 238 g/mol. The van der Waals surface area contributed by atoms with Crippen molar-refractivity contribution < 1.29 is 28.3 Å². The lowest BCUT2D eigenvalue weighted by molar-refractivity contribution is -0.151. The van der Waals surface area contributed by atoms with Crippen molar-refractivity contribution in [1.29, 1.82) is 0 Å². The first-order valence-electron chi connectivity index (χ1n) is 4.56. The first kappa shape index (κ1) is 12.7. The predicted molar refractivity (Wildman–Crippen MR) is 55.7 cm³/mol. The fraction of sp³-hybridized carbons (Fsp3) is 0.182. The maximum atomic E-state index is 11.5. The zero-order chi connectivity index (χ0) is 12.8. The number of Topliss-reactive ketones (excluding diaryl/α,β-unsaturated/α-hetero) is 1. The van der Waals surface area contributed by atoms with Crippen LogP contribution in [0.3, 0.4) is 0 Å². The van der Waals surface area contributed by atoms with Crippen molar-refractivity contribution in [1.82, 2.24) is 0 Å². The molecule has 0 bridgehead atoms. The third kappa shape index (κ3) is 3.04. The maximum Gasteiger partial charge on any atom is 0.379 e. The number of esters is 2. The number of ether oxygens (including phenoxy) is 2. The molecule has 0 atom stereocenters. The molecule has 17 heavy (non-hydrogen) atoms. The Balaban J connectivity index is 3.09. The van der Waals surface area contributed by atoms with Crippen LogP contribution in [-0.4, -0.2) is 31.9 Å². The summed E-state index contributed by atoms with van der Waals surface area (Å²) in [6.07, 6.45) is 2.48. The topological polar surface area (TPSA) is 82.8 Å². The molecule has 0 radical (unpaired) electrons. The van der Waals surface area contributed by atoms with Gasteiger partial charge in [0.15, 0.2) is 0 Å². The summed E-state index contributed by atoms with van der Waals surface area (Å²) < 4.78 is 13.6. The van der Waals surface area contributed by atoms with Crippen molar-refractivity contribution in [3.05, 3.63) is 29.7 Å². The Morgan fingerprint density at radius 2 is 1.82 bits per heavy atom. The Morgan fingerprint density at radius 1 is 1.18 bits per heavy atom. The molecular weight excluding hydrogens is 228 g/mol. The molecule has 0 aliphatic heterocycles. The number of hydrogen-bond donors (Lipinski definition) is 0. The summed E-state index contributed by atoms with van der Waals surface area (Å²) in [6, 6.07) is 3.09. The molecule has 0 N–H and O–H groups in total. The van der Waals surface area contributed by atoms with Crippen molar-refractivity contribution in [3.63, 3.8) is 0 Å². The molecule has 6 heteroatoms. The van der Waals surface area contributed by atoms with Gasteiger partial charge in [0, 0.05) is 0 Å². The van der Waals surface area contributed by atoms with Crippen LogP contribution >= 0.6 is 0 Å². The van der Waals surface area contributed by atoms with Gasteiger partial charge in [0.2, 0.25) is 0 Å². The minimum atomic E-state index is -1.15. The molecule has 90 valence electrons. The van der Waals surface area contributed by atoms with E-state index in [1.807, 2.05) is 0 Å². The monoisotopic (exact) mass is 238 g/mol. The van der Waals surface area contributed by atoms with Gasteiger partial charge >= 0.3 is 11.9 Å². The van der Waals surface area contributed by atoms with E-state index in [-0.39, 0.29) is 5.76 Å². The molecule has 0 saturated carbocycles. The van der Waals surface area contributed by atoms with E-state index >= 15 is 0 Å². The number of ketones is 1. The second kappa shape index (κ2) is 5.64. The van der Waals surface area contributed by atoms with Gasteiger partial charge in [-0.05, 0) is 18.2 Å². The molecule has 0 aromatic carbocycles. The van der Waals surface area contributed by atoms with Crippen molar-refractivity contribution in [2.75, 3.05) is 14.2 Å². The summed E-state index contributed by atoms with van der Waals surface area (Å²) in [5.74, 6) is -2.91. The highest BCUT2D eigenvalue weighted by Gasteiger charge is 2.26. The molecule has 0 spiro atoms. The van der Waals surface area contributed by atoms with Crippen LogP contribution < -0.4 is 0 Å². The van der Waals surface area contributed by atoms with E-state index in [0.717, 1.165) is 20.3 Å². The number of rotatable bonds is 4. The summed E-state index contributed by atoms with van der Waals surface area (Å²) in [5.41, 5.74) is -0.450. The summed E-state index contributed by atoms with van der Waals surface area (Å²) in [4.78, 5) is 33.9. The van der Waals surface area contributed by atoms with Gasteiger partial charge in [-0.2, -0.15) is 0 Å². The Labute approximate surface area is 96.8 Å². The lowest BCUT2D eigenvalue weighted by Crippen LogP contribution is -2.23. The predicted octanol–water partition coefficient (Wildman–Crippen LogP) is 0.578. The van der Waals surface area contributed by atoms with Crippen LogP contribution in [0.5, 0.6) is 0 Å². The van der Waals surface area contributed by atoms with Gasteiger partial charge in [-0.25, -0.2) is 9.59 Å². The third-order valence-electron chi connectivity index (χ3n) is 1.85. The highest BCUT2D eigenvalue weighted by molar-refractivity contribution is 6.47. The largest absolute Gasteiger partial charge is 0.465 e. The van der Waals surface area contributed by atoms with Gasteiger partial charge in [-0.1, -0.05) is 0 Å². The lowest BCUT2D eigenvalue weighted by atomic mass is 10.1. The van der Waals surface area contributed by atoms with Crippen LogP contribution in [0, 0.1) is 0 Å². The highest BCUT2D eigenvalue weighted by Crippen LogP contribution is 2.10. The second-order valence-electron chi connectivity index (χ2n) is 2.89. The third-order valence-corrected chi connectivity index (χ3v) is 1.85. The zero-order valence-electron chi connectivity index (χ0n) is 9.26. The number of hydrogen-bond acceptors (Lipinski definition) is 6. The smallest absolute Gasteiger partial charge is 0.379 e. The molecular formula is C11H10O6. The molecule has 1 heterocycles. The van der Waals surface area contributed by atoms with Crippen LogP contribution in [0.15, 0.2) is 28.4 Å². The quantitative estimate of drug-likeness (QED) is 0.251. The van der Waals surface area contributed by atoms with E-state index in [0.29, 0.717) is 0 Å². The van der Waals surface area contributed by atoms with Gasteiger partial charge in [-0.3, -0.25) is 4.79 Å². The summed E-state index contributed by atoms with van der Waals surface area (Å²) in [5, 5.41) is 0. The minimum Gasteiger partial charge on any atom is -0.465 e. The van der Waals surface area contributed by atoms with Crippen molar-refractivity contribution >= 4 is 23.8 Å². The van der Waals surface area contributed by atoms with Crippen LogP contribution in [-0.2, 0) is 23.9 Å². The number of methoxy groups -OCH3 is 2. The van der Waals surface area contributed by atoms with E-state index in [2.05, 4.69) is 9.47 Å². The summed E-state index contributed by atoms with van der Waals surface area (Å²) in [6.45, 7) is 0. The van der Waals surface area contributed by atoms with Gasteiger partial charge in [-0.15, -0.1) is 0 Å². The molecule has 0 aliphatic carbocycles. The Bertz CT molecular complexity index is 454. The Hall–Kier alpha value is -2.37. The number of furan rings is 1. The van der Waals surface area contributed by atoms with Gasteiger partial charge in [0.1, 0.15) is 11.3 Å². The van der Waals surface area contributed by atoms with Crippen molar-refractivity contribution in [3.8, 4) is 0 Å². The van der Waals surface area contributed by atoms with E-state index in [1.54, 1.807) is 6.07 Å². The molecule has 0 aliphatic rings. The molecule has 1 aromatic rings. The lowest BCUT2D eigenvalue weighted by Gasteiger charge is -2.02. The van der Waals surface area contributed by atoms with E-state index in [1.165, 1.54) is 12.3 Å². The fourth-order valence-electron chi connectivity index (χ4n) is 1.05. The fourth-order valence-corrected chi connectivity index (χ4v) is 1.05. The Kier molecular flexibility index (Phi) is 4.21. The highest BCUT2D eigenvalue weighted by atomic mass is 16.5. The van der Waals surface area contributed by atoms with Crippen molar-refractivity contribution in [2.24, 2.45) is 0 Å². The van der Waals surface area contributed by atoms with Gasteiger partial charge in [0.25, 0.3) is 5.78 Å². The summed E-state index contributed by atoms with van der Waals surface area (Å²) >= 11 is 0. The standard InChI is InChI=1S/C11H10O6/c1-15-10(13)8(9(12)11(14)16-2)6-7-4-3-5-17-7/h3-6H,1-2H3/b8-6-.